The van der Waals surface area contributed by atoms with Gasteiger partial charge in [-0.15, -0.1) is 0 Å². The molecule has 0 spiro atoms. The molecule has 0 aliphatic carbocycles. The fourth-order valence-corrected chi connectivity index (χ4v) is 4.95. The maximum atomic E-state index is 11.8. The lowest BCUT2D eigenvalue weighted by Crippen LogP contribution is -2.23. The molecule has 0 aromatic carbocycles. The van der Waals surface area contributed by atoms with Gasteiger partial charge >= 0.3 is 7.60 Å². The van der Waals surface area contributed by atoms with Crippen molar-refractivity contribution in [1.29, 1.82) is 0 Å². The molecule has 6 heteroatoms. The summed E-state index contributed by atoms with van der Waals surface area (Å²) in [4.78, 5) is 9.67. The Kier molecular flexibility index (Phi) is 22.3. The van der Waals surface area contributed by atoms with E-state index in [9.17, 15) is 9.46 Å². The highest BCUT2D eigenvalue weighted by atomic mass is 31.2. The van der Waals surface area contributed by atoms with Gasteiger partial charge in [0.15, 0.2) is 0 Å². The van der Waals surface area contributed by atoms with Crippen LogP contribution in [0.25, 0.3) is 0 Å². The predicted molar refractivity (Wildman–Crippen MR) is 127 cm³/mol. The van der Waals surface area contributed by atoms with Crippen LogP contribution in [-0.4, -0.2) is 44.1 Å². The van der Waals surface area contributed by atoms with Crippen LogP contribution in [0.3, 0.4) is 0 Å². The first-order valence-electron chi connectivity index (χ1n) is 12.6. The summed E-state index contributed by atoms with van der Waals surface area (Å²) in [5.74, 6) is 0. The Labute approximate surface area is 187 Å². The van der Waals surface area contributed by atoms with Gasteiger partial charge in [0.1, 0.15) is 0 Å². The maximum Gasteiger partial charge on any atom is 0.330 e. The maximum absolute atomic E-state index is 11.8. The van der Waals surface area contributed by atoms with E-state index in [-0.39, 0.29) is 12.8 Å². The first-order valence-corrected chi connectivity index (χ1v) is 14.4. The molecule has 0 rings (SSSR count). The summed E-state index contributed by atoms with van der Waals surface area (Å²) < 4.78 is 27.5. The molecule has 0 fully saturated rings. The van der Waals surface area contributed by atoms with E-state index >= 15 is 0 Å². The molecule has 0 saturated carbocycles. The van der Waals surface area contributed by atoms with Crippen molar-refractivity contribution in [2.75, 3.05) is 33.1 Å². The number of methoxy groups -OCH3 is 1. The van der Waals surface area contributed by atoms with E-state index in [4.69, 9.17) is 14.0 Å². The van der Waals surface area contributed by atoms with Crippen LogP contribution in [0.4, 0.5) is 0 Å². The smallest absolute Gasteiger partial charge is 0.330 e. The molecule has 1 N–H and O–H groups in total. The molecular formula is C24H51O5P. The first kappa shape index (κ1) is 30.1. The molecule has 2 atom stereocenters. The van der Waals surface area contributed by atoms with Gasteiger partial charge in [0.05, 0.1) is 25.5 Å². The SMILES string of the molecule is CCCCCCCCCCCCCCCCCCOCC(CP(=O)(O)OCC)OC. The third kappa shape index (κ3) is 21.3. The Morgan fingerprint density at radius 1 is 0.733 bits per heavy atom. The van der Waals surface area contributed by atoms with Gasteiger partial charge in [-0.2, -0.15) is 0 Å². The second-order valence-electron chi connectivity index (χ2n) is 8.47. The number of unbranched alkanes of at least 4 members (excludes halogenated alkanes) is 15. The van der Waals surface area contributed by atoms with E-state index in [0.29, 0.717) is 13.2 Å². The van der Waals surface area contributed by atoms with Crippen molar-refractivity contribution in [3.05, 3.63) is 0 Å². The Hall–Kier alpha value is 0.0700. The Bertz CT molecular complexity index is 392. The highest BCUT2D eigenvalue weighted by Crippen LogP contribution is 2.42. The lowest BCUT2D eigenvalue weighted by atomic mass is 10.0. The van der Waals surface area contributed by atoms with E-state index in [1.54, 1.807) is 6.92 Å². The molecule has 0 amide bonds. The van der Waals surface area contributed by atoms with Gasteiger partial charge in [-0.1, -0.05) is 103 Å². The predicted octanol–water partition coefficient (Wildman–Crippen LogP) is 7.50. The normalized spacial score (nSPS) is 14.7. The van der Waals surface area contributed by atoms with Crippen molar-refractivity contribution in [2.45, 2.75) is 123 Å². The monoisotopic (exact) mass is 450 g/mol. The molecular weight excluding hydrogens is 399 g/mol. The topological polar surface area (TPSA) is 65.0 Å². The average molecular weight is 451 g/mol. The van der Waals surface area contributed by atoms with Gasteiger partial charge in [0.2, 0.25) is 0 Å². The molecule has 5 nitrogen and oxygen atoms in total. The molecule has 0 radical (unpaired) electrons. The summed E-state index contributed by atoms with van der Waals surface area (Å²) in [5, 5.41) is 0. The number of rotatable bonds is 24. The quantitative estimate of drug-likeness (QED) is 0.122. The van der Waals surface area contributed by atoms with Crippen LogP contribution in [0.1, 0.15) is 117 Å². The number of hydrogen-bond acceptors (Lipinski definition) is 4. The molecule has 0 aliphatic rings. The van der Waals surface area contributed by atoms with Crippen LogP contribution < -0.4 is 0 Å². The second kappa shape index (κ2) is 22.3. The molecule has 182 valence electrons. The molecule has 0 bridgehead atoms. The fraction of sp³-hybridized carbons (Fsp3) is 1.00. The average Bonchev–Trinajstić information content (AvgIpc) is 2.71. The van der Waals surface area contributed by atoms with Crippen LogP contribution in [0.15, 0.2) is 0 Å². The van der Waals surface area contributed by atoms with Crippen molar-refractivity contribution in [1.82, 2.24) is 0 Å². The van der Waals surface area contributed by atoms with E-state index < -0.39 is 13.7 Å². The summed E-state index contributed by atoms with van der Waals surface area (Å²) in [6.07, 6.45) is 21.3. The van der Waals surface area contributed by atoms with Crippen molar-refractivity contribution in [3.63, 3.8) is 0 Å². The lowest BCUT2D eigenvalue weighted by molar-refractivity contribution is 0.0163. The van der Waals surface area contributed by atoms with Gasteiger partial charge in [-0.25, -0.2) is 0 Å². The molecule has 0 aromatic rings. The van der Waals surface area contributed by atoms with Crippen LogP contribution in [0.5, 0.6) is 0 Å². The zero-order valence-corrected chi connectivity index (χ0v) is 21.1. The summed E-state index contributed by atoms with van der Waals surface area (Å²) in [5.41, 5.74) is 0. The minimum Gasteiger partial charge on any atom is -0.379 e. The number of hydrogen-bond donors (Lipinski definition) is 1. The molecule has 0 aliphatic heterocycles. The van der Waals surface area contributed by atoms with E-state index in [0.717, 1.165) is 6.42 Å². The van der Waals surface area contributed by atoms with Crippen molar-refractivity contribution >= 4 is 7.60 Å². The van der Waals surface area contributed by atoms with Gasteiger partial charge in [-0.05, 0) is 13.3 Å². The zero-order chi connectivity index (χ0) is 22.3. The van der Waals surface area contributed by atoms with Crippen LogP contribution in [0.2, 0.25) is 0 Å². The van der Waals surface area contributed by atoms with Gasteiger partial charge in [-0.3, -0.25) is 4.57 Å². The van der Waals surface area contributed by atoms with Crippen LogP contribution >= 0.6 is 7.60 Å². The summed E-state index contributed by atoms with van der Waals surface area (Å²) in [6.45, 7) is 5.23. The summed E-state index contributed by atoms with van der Waals surface area (Å²) in [7, 11) is -2.03. The Morgan fingerprint density at radius 2 is 1.17 bits per heavy atom. The summed E-state index contributed by atoms with van der Waals surface area (Å²) in [6, 6.07) is 0. The van der Waals surface area contributed by atoms with Gasteiger partial charge in [0.25, 0.3) is 0 Å². The lowest BCUT2D eigenvalue weighted by Gasteiger charge is -2.18. The van der Waals surface area contributed by atoms with E-state index in [2.05, 4.69) is 6.92 Å². The number of ether oxygens (including phenoxy) is 2. The minimum atomic E-state index is -3.56. The zero-order valence-electron chi connectivity index (χ0n) is 20.2. The Balaban J connectivity index is 3.31. The third-order valence-corrected chi connectivity index (χ3v) is 7.07. The molecule has 2 unspecified atom stereocenters. The third-order valence-electron chi connectivity index (χ3n) is 5.54. The Morgan fingerprint density at radius 3 is 1.57 bits per heavy atom. The van der Waals surface area contributed by atoms with Crippen LogP contribution in [0, 0.1) is 0 Å². The van der Waals surface area contributed by atoms with E-state index in [1.807, 2.05) is 0 Å². The highest BCUT2D eigenvalue weighted by molar-refractivity contribution is 7.52. The minimum absolute atomic E-state index is 0.0176. The first-order chi connectivity index (χ1) is 14.6. The highest BCUT2D eigenvalue weighted by Gasteiger charge is 2.24. The van der Waals surface area contributed by atoms with E-state index in [1.165, 1.54) is 103 Å². The largest absolute Gasteiger partial charge is 0.379 e. The van der Waals surface area contributed by atoms with Gasteiger partial charge in [0, 0.05) is 13.7 Å². The van der Waals surface area contributed by atoms with Crippen molar-refractivity contribution in [3.8, 4) is 0 Å². The standard InChI is InChI=1S/C24H51O5P/c1-4-6-7-8-9-10-11-12-13-14-15-16-17-18-19-20-21-28-22-24(27-3)23-30(25,26)29-5-2/h24H,4-23H2,1-3H3,(H,25,26). The molecule has 0 heterocycles. The summed E-state index contributed by atoms with van der Waals surface area (Å²) >= 11 is 0. The van der Waals surface area contributed by atoms with Crippen molar-refractivity contribution < 1.29 is 23.5 Å². The van der Waals surface area contributed by atoms with Gasteiger partial charge < -0.3 is 18.9 Å². The molecule has 30 heavy (non-hydrogen) atoms. The van der Waals surface area contributed by atoms with Crippen LogP contribution in [-0.2, 0) is 18.6 Å². The molecule has 0 aromatic heterocycles. The molecule has 0 saturated heterocycles. The van der Waals surface area contributed by atoms with Crippen molar-refractivity contribution in [2.24, 2.45) is 0 Å². The fourth-order valence-electron chi connectivity index (χ4n) is 3.67. The second-order valence-corrected chi connectivity index (χ2v) is 10.4.